The van der Waals surface area contributed by atoms with E-state index in [-0.39, 0.29) is 12.1 Å². The maximum Gasteiger partial charge on any atom is 0.119 e. The molecule has 1 atom stereocenters. The second-order valence-corrected chi connectivity index (χ2v) is 6.13. The fourth-order valence-corrected chi connectivity index (χ4v) is 2.35. The average Bonchev–Trinajstić information content (AvgIpc) is 3.25. The molecular weight excluding hydrogens is 250 g/mol. The summed E-state index contributed by atoms with van der Waals surface area (Å²) in [5.74, 6) is 0.913. The first kappa shape index (κ1) is 15.3. The van der Waals surface area contributed by atoms with Crippen molar-refractivity contribution in [2.45, 2.75) is 57.5 Å². The maximum atomic E-state index is 9.54. The van der Waals surface area contributed by atoms with Gasteiger partial charge in [0, 0.05) is 18.0 Å². The fourth-order valence-electron chi connectivity index (χ4n) is 2.35. The Bertz CT molecular complexity index is 400. The Morgan fingerprint density at radius 1 is 1.30 bits per heavy atom. The zero-order chi connectivity index (χ0) is 14.4. The molecule has 1 fully saturated rings. The first-order valence-corrected chi connectivity index (χ1v) is 7.75. The normalized spacial score (nSPS) is 17.8. The fraction of sp³-hybridized carbons (Fsp3) is 0.647. The van der Waals surface area contributed by atoms with Gasteiger partial charge < -0.3 is 15.2 Å². The Kier molecular flexibility index (Phi) is 5.44. The summed E-state index contributed by atoms with van der Waals surface area (Å²) in [5.41, 5.74) is 1.14. The molecule has 3 nitrogen and oxygen atoms in total. The van der Waals surface area contributed by atoms with E-state index in [9.17, 15) is 5.11 Å². The quantitative estimate of drug-likeness (QED) is 0.729. The van der Waals surface area contributed by atoms with Crippen molar-refractivity contribution in [3.05, 3.63) is 29.8 Å². The summed E-state index contributed by atoms with van der Waals surface area (Å²) < 4.78 is 5.79. The molecule has 1 aliphatic rings. The van der Waals surface area contributed by atoms with Gasteiger partial charge in [0.15, 0.2) is 0 Å². The molecule has 1 unspecified atom stereocenters. The number of rotatable bonds is 9. The number of nitrogens with one attached hydrogen (secondary N) is 1. The Hall–Kier alpha value is -1.06. The predicted octanol–water partition coefficient (Wildman–Crippen LogP) is 2.91. The highest BCUT2D eigenvalue weighted by Gasteiger charge is 2.31. The zero-order valence-corrected chi connectivity index (χ0v) is 12.7. The van der Waals surface area contributed by atoms with Crippen molar-refractivity contribution >= 4 is 0 Å². The van der Waals surface area contributed by atoms with Gasteiger partial charge in [0.25, 0.3) is 0 Å². The Labute approximate surface area is 122 Å². The number of hydrogen-bond acceptors (Lipinski definition) is 3. The minimum Gasteiger partial charge on any atom is -0.494 e. The van der Waals surface area contributed by atoms with Crippen LogP contribution >= 0.6 is 0 Å². The molecule has 3 heteroatoms. The van der Waals surface area contributed by atoms with Gasteiger partial charge in [-0.25, -0.2) is 0 Å². The molecule has 0 radical (unpaired) electrons. The van der Waals surface area contributed by atoms with Gasteiger partial charge >= 0.3 is 0 Å². The summed E-state index contributed by atoms with van der Waals surface area (Å²) in [4.78, 5) is 0. The summed E-state index contributed by atoms with van der Waals surface area (Å²) >= 11 is 0. The molecular formula is C17H27NO2. The van der Waals surface area contributed by atoms with Crippen LogP contribution in [0.25, 0.3) is 0 Å². The molecule has 1 saturated carbocycles. The van der Waals surface area contributed by atoms with E-state index in [4.69, 9.17) is 4.74 Å². The van der Waals surface area contributed by atoms with Crippen LogP contribution in [0.3, 0.4) is 0 Å². The van der Waals surface area contributed by atoms with E-state index in [1.807, 2.05) is 12.1 Å². The third kappa shape index (κ3) is 4.80. The molecule has 0 spiro atoms. The number of aliphatic hydroxyl groups is 1. The molecule has 0 bridgehead atoms. The number of ether oxygens (including phenoxy) is 1. The molecule has 0 aromatic heterocycles. The van der Waals surface area contributed by atoms with Crippen LogP contribution in [-0.2, 0) is 6.42 Å². The highest BCUT2D eigenvalue weighted by Crippen LogP contribution is 2.24. The second-order valence-electron chi connectivity index (χ2n) is 6.13. The summed E-state index contributed by atoms with van der Waals surface area (Å²) in [6.45, 7) is 5.04. The van der Waals surface area contributed by atoms with Gasteiger partial charge in [-0.15, -0.1) is 0 Å². The van der Waals surface area contributed by atoms with Crippen molar-refractivity contribution in [3.63, 3.8) is 0 Å². The molecule has 0 saturated heterocycles. The molecule has 0 heterocycles. The standard InChI is InChI=1S/C17H27NO2/c1-3-4-14-5-9-16(10-6-14)20-12-11-17(2,13-19)18-15-7-8-15/h5-6,9-10,15,18-19H,3-4,7-8,11-13H2,1-2H3. The molecule has 112 valence electrons. The van der Waals surface area contributed by atoms with Crippen molar-refractivity contribution in [1.29, 1.82) is 0 Å². The Balaban J connectivity index is 1.76. The molecule has 0 aliphatic heterocycles. The van der Waals surface area contributed by atoms with Crippen LogP contribution in [0.1, 0.15) is 45.1 Å². The van der Waals surface area contributed by atoms with Gasteiger partial charge in [0.1, 0.15) is 5.75 Å². The van der Waals surface area contributed by atoms with E-state index >= 15 is 0 Å². The monoisotopic (exact) mass is 277 g/mol. The highest BCUT2D eigenvalue weighted by atomic mass is 16.5. The van der Waals surface area contributed by atoms with Crippen molar-refractivity contribution < 1.29 is 9.84 Å². The van der Waals surface area contributed by atoms with Gasteiger partial charge in [-0.3, -0.25) is 0 Å². The number of aryl methyl sites for hydroxylation is 1. The van der Waals surface area contributed by atoms with E-state index in [0.29, 0.717) is 12.6 Å². The van der Waals surface area contributed by atoms with E-state index in [1.54, 1.807) is 0 Å². The third-order valence-electron chi connectivity index (χ3n) is 3.86. The lowest BCUT2D eigenvalue weighted by Gasteiger charge is -2.29. The molecule has 1 aromatic rings. The average molecular weight is 277 g/mol. The van der Waals surface area contributed by atoms with E-state index in [1.165, 1.54) is 24.8 Å². The topological polar surface area (TPSA) is 41.5 Å². The molecule has 1 aromatic carbocycles. The summed E-state index contributed by atoms with van der Waals surface area (Å²) in [5, 5.41) is 13.0. The van der Waals surface area contributed by atoms with E-state index < -0.39 is 0 Å². The van der Waals surface area contributed by atoms with Gasteiger partial charge in [0.2, 0.25) is 0 Å². The first-order chi connectivity index (χ1) is 9.65. The van der Waals surface area contributed by atoms with Crippen LogP contribution < -0.4 is 10.1 Å². The smallest absolute Gasteiger partial charge is 0.119 e. The van der Waals surface area contributed by atoms with Gasteiger partial charge in [-0.05, 0) is 43.9 Å². The lowest BCUT2D eigenvalue weighted by Crippen LogP contribution is -2.48. The van der Waals surface area contributed by atoms with Gasteiger partial charge in [-0.2, -0.15) is 0 Å². The van der Waals surface area contributed by atoms with Gasteiger partial charge in [-0.1, -0.05) is 25.5 Å². The third-order valence-corrected chi connectivity index (χ3v) is 3.86. The van der Waals surface area contributed by atoms with Gasteiger partial charge in [0.05, 0.1) is 13.2 Å². The highest BCUT2D eigenvalue weighted by molar-refractivity contribution is 5.27. The Morgan fingerprint density at radius 3 is 2.55 bits per heavy atom. The van der Waals surface area contributed by atoms with Crippen molar-refractivity contribution in [3.8, 4) is 5.75 Å². The molecule has 0 amide bonds. The van der Waals surface area contributed by atoms with Crippen LogP contribution in [0.2, 0.25) is 0 Å². The maximum absolute atomic E-state index is 9.54. The lowest BCUT2D eigenvalue weighted by atomic mass is 9.99. The van der Waals surface area contributed by atoms with Crippen molar-refractivity contribution in [1.82, 2.24) is 5.32 Å². The van der Waals surface area contributed by atoms with Crippen molar-refractivity contribution in [2.75, 3.05) is 13.2 Å². The molecule has 20 heavy (non-hydrogen) atoms. The van der Waals surface area contributed by atoms with E-state index in [0.717, 1.165) is 18.6 Å². The molecule has 2 rings (SSSR count). The Morgan fingerprint density at radius 2 is 2.00 bits per heavy atom. The largest absolute Gasteiger partial charge is 0.494 e. The molecule has 2 N–H and O–H groups in total. The van der Waals surface area contributed by atoms with Crippen LogP contribution in [0.15, 0.2) is 24.3 Å². The minimum atomic E-state index is -0.219. The van der Waals surface area contributed by atoms with E-state index in [2.05, 4.69) is 31.3 Å². The minimum absolute atomic E-state index is 0.155. The summed E-state index contributed by atoms with van der Waals surface area (Å²) in [6, 6.07) is 8.94. The van der Waals surface area contributed by atoms with Crippen LogP contribution in [0.5, 0.6) is 5.75 Å². The number of aliphatic hydroxyl groups excluding tert-OH is 1. The summed E-state index contributed by atoms with van der Waals surface area (Å²) in [7, 11) is 0. The second kappa shape index (κ2) is 7.09. The number of benzene rings is 1. The number of hydrogen-bond donors (Lipinski definition) is 2. The van der Waals surface area contributed by atoms with Crippen LogP contribution in [0.4, 0.5) is 0 Å². The molecule has 1 aliphatic carbocycles. The summed E-state index contributed by atoms with van der Waals surface area (Å²) in [6.07, 6.45) is 5.57. The SMILES string of the molecule is CCCc1ccc(OCCC(C)(CO)NC2CC2)cc1. The van der Waals surface area contributed by atoms with Crippen LogP contribution in [-0.4, -0.2) is 29.9 Å². The first-order valence-electron chi connectivity index (χ1n) is 7.75. The van der Waals surface area contributed by atoms with Crippen LogP contribution in [0, 0.1) is 0 Å². The van der Waals surface area contributed by atoms with Crippen molar-refractivity contribution in [2.24, 2.45) is 0 Å². The lowest BCUT2D eigenvalue weighted by molar-refractivity contribution is 0.142. The predicted molar refractivity (Wildman–Crippen MR) is 82.2 cm³/mol. The zero-order valence-electron chi connectivity index (χ0n) is 12.7.